The largest absolute Gasteiger partial charge is 0.396 e. The van der Waals surface area contributed by atoms with Crippen LogP contribution in [0.2, 0.25) is 0 Å². The molecule has 6 nitrogen and oxygen atoms in total. The van der Waals surface area contributed by atoms with E-state index >= 15 is 0 Å². The van der Waals surface area contributed by atoms with E-state index in [9.17, 15) is 0 Å². The molecular weight excluding hydrogens is 432 g/mol. The van der Waals surface area contributed by atoms with E-state index < -0.39 is 0 Å². The van der Waals surface area contributed by atoms with Crippen molar-refractivity contribution in [3.8, 4) is 0 Å². The van der Waals surface area contributed by atoms with E-state index in [0.29, 0.717) is 11.5 Å². The zero-order chi connectivity index (χ0) is 24.7. The number of hydrogen-bond donors (Lipinski definition) is 4. The molecule has 0 bridgehead atoms. The summed E-state index contributed by atoms with van der Waals surface area (Å²) in [5, 5.41) is 6.69. The van der Waals surface area contributed by atoms with Crippen LogP contribution in [-0.2, 0) is 0 Å². The first-order valence-electron chi connectivity index (χ1n) is 11.2. The Kier molecular flexibility index (Phi) is 9.67. The van der Waals surface area contributed by atoms with Crippen LogP contribution >= 0.6 is 0 Å². The Hall–Kier alpha value is -4.84. The van der Waals surface area contributed by atoms with Gasteiger partial charge in [-0.05, 0) is 55.5 Å². The molecule has 0 amide bonds. The normalized spacial score (nSPS) is 9.51. The van der Waals surface area contributed by atoms with Crippen molar-refractivity contribution in [2.45, 2.75) is 6.92 Å². The van der Waals surface area contributed by atoms with Gasteiger partial charge in [-0.15, -0.1) is 0 Å². The number of hydrogen-bond acceptors (Lipinski definition) is 6. The molecule has 0 atom stereocenters. The van der Waals surface area contributed by atoms with Gasteiger partial charge in [0.05, 0.1) is 11.4 Å². The van der Waals surface area contributed by atoms with Gasteiger partial charge in [0.2, 0.25) is 0 Å². The van der Waals surface area contributed by atoms with Crippen molar-refractivity contribution in [2.24, 2.45) is 0 Å². The molecule has 0 unspecified atom stereocenters. The zero-order valence-corrected chi connectivity index (χ0v) is 19.7. The molecule has 0 aliphatic rings. The molecule has 0 radical (unpaired) electrons. The predicted octanol–water partition coefficient (Wildman–Crippen LogP) is 6.81. The molecule has 5 rings (SSSR count). The van der Waals surface area contributed by atoms with Crippen LogP contribution in [0, 0.1) is 6.92 Å². The third-order valence-electron chi connectivity index (χ3n) is 4.71. The first-order chi connectivity index (χ1) is 17.1. The average molecular weight is 463 g/mol. The quantitative estimate of drug-likeness (QED) is 0.234. The molecule has 35 heavy (non-hydrogen) atoms. The summed E-state index contributed by atoms with van der Waals surface area (Å²) in [5.41, 5.74) is 15.5. The number of nitrogens with one attached hydrogen (secondary N) is 2. The maximum Gasteiger partial charge on any atom is 0.154 e. The molecular formula is C29H30N6. The first-order valence-corrected chi connectivity index (χ1v) is 11.2. The van der Waals surface area contributed by atoms with Gasteiger partial charge < -0.3 is 22.1 Å². The number of aromatic nitrogens is 2. The summed E-state index contributed by atoms with van der Waals surface area (Å²) in [6.45, 7) is 2.08. The number of pyridine rings is 2. The van der Waals surface area contributed by atoms with Gasteiger partial charge in [0.15, 0.2) is 5.82 Å². The van der Waals surface area contributed by atoms with Crippen LogP contribution in [0.3, 0.4) is 0 Å². The Labute approximate surface area is 206 Å². The molecule has 0 saturated heterocycles. The Balaban J connectivity index is 0.000000186. The van der Waals surface area contributed by atoms with Gasteiger partial charge in [0, 0.05) is 23.8 Å². The average Bonchev–Trinajstić information content (AvgIpc) is 2.90. The van der Waals surface area contributed by atoms with Crippen LogP contribution in [-0.4, -0.2) is 9.97 Å². The van der Waals surface area contributed by atoms with Crippen LogP contribution in [0.5, 0.6) is 0 Å². The van der Waals surface area contributed by atoms with E-state index in [1.807, 2.05) is 91.0 Å². The van der Waals surface area contributed by atoms with Crippen LogP contribution in [0.25, 0.3) is 0 Å². The van der Waals surface area contributed by atoms with Crippen molar-refractivity contribution in [3.05, 3.63) is 133 Å². The number of nitrogen functional groups attached to an aromatic ring is 2. The lowest BCUT2D eigenvalue weighted by Gasteiger charge is -2.12. The monoisotopic (exact) mass is 462 g/mol. The number of anilines is 6. The van der Waals surface area contributed by atoms with Crippen molar-refractivity contribution in [2.75, 3.05) is 22.1 Å². The van der Waals surface area contributed by atoms with Gasteiger partial charge in [-0.3, -0.25) is 0 Å². The molecule has 2 heterocycles. The van der Waals surface area contributed by atoms with Gasteiger partial charge >= 0.3 is 0 Å². The Bertz CT molecular complexity index is 1180. The minimum Gasteiger partial charge on any atom is -0.396 e. The summed E-state index contributed by atoms with van der Waals surface area (Å²) < 4.78 is 0. The Morgan fingerprint density at radius 1 is 0.543 bits per heavy atom. The van der Waals surface area contributed by atoms with E-state index in [0.717, 1.165) is 22.9 Å². The number of nitrogens with zero attached hydrogens (tertiary/aromatic N) is 2. The number of nitrogens with two attached hydrogens (primary N) is 2. The molecule has 0 aliphatic heterocycles. The zero-order valence-electron chi connectivity index (χ0n) is 19.7. The number of rotatable bonds is 4. The number of para-hydroxylation sites is 2. The second-order valence-corrected chi connectivity index (χ2v) is 7.51. The molecule has 0 aliphatic carbocycles. The molecule has 3 aromatic carbocycles. The molecule has 6 heteroatoms. The number of aryl methyl sites for hydroxylation is 1. The van der Waals surface area contributed by atoms with Crippen molar-refractivity contribution in [3.63, 3.8) is 0 Å². The molecule has 6 N–H and O–H groups in total. The SMILES string of the molecule is Cc1ccccc1.Nc1cccnc1N.c1ccc(Nc2cccnc2Nc2ccccc2)cc1. The summed E-state index contributed by atoms with van der Waals surface area (Å²) in [4.78, 5) is 8.13. The number of benzene rings is 3. The van der Waals surface area contributed by atoms with Crippen molar-refractivity contribution in [1.29, 1.82) is 0 Å². The molecule has 2 aromatic heterocycles. The predicted molar refractivity (Wildman–Crippen MR) is 148 cm³/mol. The summed E-state index contributed by atoms with van der Waals surface area (Å²) >= 11 is 0. The highest BCUT2D eigenvalue weighted by molar-refractivity contribution is 5.74. The van der Waals surface area contributed by atoms with Gasteiger partial charge in [0.25, 0.3) is 0 Å². The van der Waals surface area contributed by atoms with E-state index in [4.69, 9.17) is 11.5 Å². The van der Waals surface area contributed by atoms with Crippen molar-refractivity contribution in [1.82, 2.24) is 9.97 Å². The molecule has 176 valence electrons. The highest BCUT2D eigenvalue weighted by atomic mass is 15.0. The third kappa shape index (κ3) is 8.90. The highest BCUT2D eigenvalue weighted by Crippen LogP contribution is 2.25. The van der Waals surface area contributed by atoms with Gasteiger partial charge in [0.1, 0.15) is 5.82 Å². The van der Waals surface area contributed by atoms with E-state index in [-0.39, 0.29) is 0 Å². The van der Waals surface area contributed by atoms with E-state index in [1.54, 1.807) is 24.5 Å². The topological polar surface area (TPSA) is 102 Å². The maximum atomic E-state index is 5.33. The summed E-state index contributed by atoms with van der Waals surface area (Å²) in [7, 11) is 0. The first kappa shape index (κ1) is 24.8. The van der Waals surface area contributed by atoms with Gasteiger partial charge in [-0.1, -0.05) is 72.3 Å². The lowest BCUT2D eigenvalue weighted by Crippen LogP contribution is -1.99. The lowest BCUT2D eigenvalue weighted by molar-refractivity contribution is 1.30. The summed E-state index contributed by atoms with van der Waals surface area (Å²) in [6, 6.07) is 37.7. The minimum absolute atomic E-state index is 0.396. The Morgan fingerprint density at radius 2 is 1.06 bits per heavy atom. The fourth-order valence-corrected chi connectivity index (χ4v) is 2.91. The minimum atomic E-state index is 0.396. The summed E-state index contributed by atoms with van der Waals surface area (Å²) in [6.07, 6.45) is 3.38. The van der Waals surface area contributed by atoms with Gasteiger partial charge in [-0.25, -0.2) is 9.97 Å². The standard InChI is InChI=1S/C17H15N3.C7H8.C5H7N3/c1-3-8-14(9-4-1)19-16-12-7-13-18-17(16)20-15-10-5-2-6-11-15;1-7-5-3-2-4-6-7;6-4-2-1-3-8-5(4)7/h1-13,19H,(H,18,20);2-6H,1H3;1-3H,6H2,(H2,7,8). The second-order valence-electron chi connectivity index (χ2n) is 7.51. The molecule has 0 spiro atoms. The van der Waals surface area contributed by atoms with Crippen LogP contribution in [0.15, 0.2) is 128 Å². The molecule has 5 aromatic rings. The van der Waals surface area contributed by atoms with Crippen LogP contribution < -0.4 is 22.1 Å². The lowest BCUT2D eigenvalue weighted by atomic mass is 10.2. The van der Waals surface area contributed by atoms with E-state index in [2.05, 4.69) is 39.7 Å². The van der Waals surface area contributed by atoms with Gasteiger partial charge in [-0.2, -0.15) is 0 Å². The van der Waals surface area contributed by atoms with Crippen LogP contribution in [0.4, 0.5) is 34.4 Å². The molecule has 0 saturated carbocycles. The smallest absolute Gasteiger partial charge is 0.154 e. The summed E-state index contributed by atoms with van der Waals surface area (Å²) in [5.74, 6) is 1.20. The van der Waals surface area contributed by atoms with Crippen molar-refractivity contribution >= 4 is 34.4 Å². The van der Waals surface area contributed by atoms with Crippen LogP contribution in [0.1, 0.15) is 5.56 Å². The van der Waals surface area contributed by atoms with Crippen molar-refractivity contribution < 1.29 is 0 Å². The van der Waals surface area contributed by atoms with E-state index in [1.165, 1.54) is 5.56 Å². The fourth-order valence-electron chi connectivity index (χ4n) is 2.91. The highest BCUT2D eigenvalue weighted by Gasteiger charge is 2.03. The third-order valence-corrected chi connectivity index (χ3v) is 4.71. The Morgan fingerprint density at radius 3 is 1.54 bits per heavy atom. The molecule has 0 fully saturated rings. The second kappa shape index (κ2) is 13.6. The maximum absolute atomic E-state index is 5.33. The fraction of sp³-hybridized carbons (Fsp3) is 0.0345.